The number of rotatable bonds is 31. The molecule has 36 heavy (non-hydrogen) atoms. The van der Waals surface area contributed by atoms with Gasteiger partial charge in [0.25, 0.3) is 0 Å². The van der Waals surface area contributed by atoms with Crippen molar-refractivity contribution in [1.82, 2.24) is 0 Å². The average molecular weight is 515 g/mol. The maximum atomic E-state index is 11.7. The normalized spacial score (nSPS) is 11.3. The zero-order valence-electron chi connectivity index (χ0n) is 24.3. The van der Waals surface area contributed by atoms with E-state index in [-0.39, 0.29) is 5.97 Å². The number of unbranched alkanes of at least 4 members (excludes halogenated alkanes) is 18. The highest BCUT2D eigenvalue weighted by molar-refractivity contribution is 5.69. The molecule has 0 saturated heterocycles. The lowest BCUT2D eigenvalue weighted by molar-refractivity contribution is -0.145. The van der Waals surface area contributed by atoms with Gasteiger partial charge in [0.15, 0.2) is 0 Å². The molecule has 0 unspecified atom stereocenters. The quantitative estimate of drug-likeness (QED) is 0.0683. The Bertz CT molecular complexity index is 416. The van der Waals surface area contributed by atoms with Crippen molar-refractivity contribution in [3.63, 3.8) is 0 Å². The molecule has 216 valence electrons. The van der Waals surface area contributed by atoms with Crippen LogP contribution in [0.15, 0.2) is 0 Å². The molecule has 0 spiro atoms. The second kappa shape index (κ2) is 32.4. The summed E-state index contributed by atoms with van der Waals surface area (Å²) in [6.45, 7) is 8.43. The van der Waals surface area contributed by atoms with Gasteiger partial charge in [-0.05, 0) is 12.8 Å². The summed E-state index contributed by atoms with van der Waals surface area (Å²) in [5, 5.41) is 0. The Morgan fingerprint density at radius 1 is 0.389 bits per heavy atom. The van der Waals surface area contributed by atoms with Gasteiger partial charge < -0.3 is 18.9 Å². The standard InChI is InChI=1S/C31H62O5/c1-3-5-7-9-11-12-13-14-15-16-18-20-22-24-33-25-26-34-27-28-35-29-30-36-31(32)23-21-19-17-10-8-6-4-2/h3-30H2,1-2H3. The van der Waals surface area contributed by atoms with Gasteiger partial charge in [0.1, 0.15) is 6.61 Å². The molecule has 0 heterocycles. The summed E-state index contributed by atoms with van der Waals surface area (Å²) in [5.41, 5.74) is 0. The largest absolute Gasteiger partial charge is 0.463 e. The van der Waals surface area contributed by atoms with Crippen LogP contribution in [0.2, 0.25) is 0 Å². The van der Waals surface area contributed by atoms with E-state index in [1.165, 1.54) is 109 Å². The molecule has 0 aromatic carbocycles. The van der Waals surface area contributed by atoms with Crippen molar-refractivity contribution in [1.29, 1.82) is 0 Å². The van der Waals surface area contributed by atoms with Gasteiger partial charge in [0, 0.05) is 13.0 Å². The molecule has 0 rings (SSSR count). The average Bonchev–Trinajstić information content (AvgIpc) is 2.88. The molecule has 0 aromatic rings. The van der Waals surface area contributed by atoms with E-state index in [2.05, 4.69) is 13.8 Å². The van der Waals surface area contributed by atoms with E-state index in [1.807, 2.05) is 0 Å². The lowest BCUT2D eigenvalue weighted by atomic mass is 10.0. The van der Waals surface area contributed by atoms with E-state index in [4.69, 9.17) is 18.9 Å². The van der Waals surface area contributed by atoms with Gasteiger partial charge in [0.05, 0.1) is 33.0 Å². The Labute approximate surface area is 224 Å². The van der Waals surface area contributed by atoms with Gasteiger partial charge in [0.2, 0.25) is 0 Å². The zero-order valence-corrected chi connectivity index (χ0v) is 24.3. The first kappa shape index (κ1) is 35.4. The highest BCUT2D eigenvalue weighted by Crippen LogP contribution is 2.12. The second-order valence-electron chi connectivity index (χ2n) is 10.2. The molecule has 0 radical (unpaired) electrons. The van der Waals surface area contributed by atoms with E-state index >= 15 is 0 Å². The Hall–Kier alpha value is -0.650. The summed E-state index contributed by atoms with van der Waals surface area (Å²) in [4.78, 5) is 11.7. The summed E-state index contributed by atoms with van der Waals surface area (Å²) in [7, 11) is 0. The first-order valence-electron chi connectivity index (χ1n) is 15.7. The number of carbonyl (C=O) groups excluding carboxylic acids is 1. The van der Waals surface area contributed by atoms with Crippen molar-refractivity contribution in [2.45, 2.75) is 149 Å². The van der Waals surface area contributed by atoms with Crippen LogP contribution >= 0.6 is 0 Å². The molecule has 0 aliphatic rings. The Morgan fingerprint density at radius 2 is 0.722 bits per heavy atom. The lowest BCUT2D eigenvalue weighted by Gasteiger charge is -2.08. The van der Waals surface area contributed by atoms with E-state index in [9.17, 15) is 4.79 Å². The molecule has 5 heteroatoms. The summed E-state index contributed by atoms with van der Waals surface area (Å²) in [5.74, 6) is -0.107. The second-order valence-corrected chi connectivity index (χ2v) is 10.2. The maximum absolute atomic E-state index is 11.7. The van der Waals surface area contributed by atoms with Crippen LogP contribution in [0.3, 0.4) is 0 Å². The predicted octanol–water partition coefficient (Wildman–Crippen LogP) is 8.81. The molecular weight excluding hydrogens is 452 g/mol. The first-order valence-corrected chi connectivity index (χ1v) is 15.7. The molecule has 0 aliphatic carbocycles. The van der Waals surface area contributed by atoms with Gasteiger partial charge in [-0.3, -0.25) is 4.79 Å². The van der Waals surface area contributed by atoms with Crippen LogP contribution in [-0.2, 0) is 23.7 Å². The van der Waals surface area contributed by atoms with Gasteiger partial charge in [-0.15, -0.1) is 0 Å². The number of ether oxygens (including phenoxy) is 4. The third kappa shape index (κ3) is 31.4. The fourth-order valence-electron chi connectivity index (χ4n) is 4.28. The minimum atomic E-state index is -0.107. The fourth-order valence-corrected chi connectivity index (χ4v) is 4.28. The van der Waals surface area contributed by atoms with Crippen LogP contribution < -0.4 is 0 Å². The third-order valence-corrected chi connectivity index (χ3v) is 6.61. The number of hydrogen-bond acceptors (Lipinski definition) is 5. The van der Waals surface area contributed by atoms with Crippen molar-refractivity contribution < 1.29 is 23.7 Å². The minimum absolute atomic E-state index is 0.107. The fraction of sp³-hybridized carbons (Fsp3) is 0.968. The summed E-state index contributed by atoms with van der Waals surface area (Å²) < 4.78 is 21.8. The third-order valence-electron chi connectivity index (χ3n) is 6.61. The highest BCUT2D eigenvalue weighted by Gasteiger charge is 2.02. The molecule has 0 fully saturated rings. The van der Waals surface area contributed by atoms with Crippen LogP contribution in [0.25, 0.3) is 0 Å². The number of carbonyl (C=O) groups is 1. The zero-order chi connectivity index (χ0) is 26.2. The molecule has 0 aliphatic heterocycles. The SMILES string of the molecule is CCCCCCCCCCCCCCCOCCOCCOCCOC(=O)CCCCCCCCC. The lowest BCUT2D eigenvalue weighted by Crippen LogP contribution is -2.14. The van der Waals surface area contributed by atoms with E-state index in [1.54, 1.807) is 0 Å². The molecule has 0 saturated carbocycles. The Morgan fingerprint density at radius 3 is 1.17 bits per heavy atom. The topological polar surface area (TPSA) is 54.0 Å². The van der Waals surface area contributed by atoms with Crippen LogP contribution in [0.5, 0.6) is 0 Å². The monoisotopic (exact) mass is 514 g/mol. The number of esters is 1. The highest BCUT2D eigenvalue weighted by atomic mass is 16.6. The number of hydrogen-bond donors (Lipinski definition) is 0. The molecule has 0 amide bonds. The van der Waals surface area contributed by atoms with Crippen LogP contribution in [0.1, 0.15) is 149 Å². The van der Waals surface area contributed by atoms with Gasteiger partial charge >= 0.3 is 5.97 Å². The van der Waals surface area contributed by atoms with Gasteiger partial charge in [-0.2, -0.15) is 0 Å². The molecular formula is C31H62O5. The van der Waals surface area contributed by atoms with Crippen molar-refractivity contribution in [3.8, 4) is 0 Å². The van der Waals surface area contributed by atoms with E-state index in [0.29, 0.717) is 46.1 Å². The maximum Gasteiger partial charge on any atom is 0.305 e. The van der Waals surface area contributed by atoms with Crippen molar-refractivity contribution in [3.05, 3.63) is 0 Å². The first-order chi connectivity index (χ1) is 17.8. The van der Waals surface area contributed by atoms with E-state index < -0.39 is 0 Å². The minimum Gasteiger partial charge on any atom is -0.463 e. The summed E-state index contributed by atoms with van der Waals surface area (Å²) in [6.07, 6.45) is 26.8. The smallest absolute Gasteiger partial charge is 0.305 e. The van der Waals surface area contributed by atoms with Gasteiger partial charge in [-0.25, -0.2) is 0 Å². The Kier molecular flexibility index (Phi) is 31.8. The summed E-state index contributed by atoms with van der Waals surface area (Å²) >= 11 is 0. The molecule has 0 aromatic heterocycles. The van der Waals surface area contributed by atoms with Gasteiger partial charge in [-0.1, -0.05) is 129 Å². The van der Waals surface area contributed by atoms with Crippen molar-refractivity contribution >= 4 is 5.97 Å². The van der Waals surface area contributed by atoms with Crippen LogP contribution in [-0.4, -0.2) is 52.2 Å². The molecule has 0 bridgehead atoms. The molecule has 0 atom stereocenters. The van der Waals surface area contributed by atoms with Crippen molar-refractivity contribution in [2.24, 2.45) is 0 Å². The molecule has 5 nitrogen and oxygen atoms in total. The Balaban J connectivity index is 3.10. The summed E-state index contributed by atoms with van der Waals surface area (Å²) in [6, 6.07) is 0. The van der Waals surface area contributed by atoms with E-state index in [0.717, 1.165) is 25.9 Å². The van der Waals surface area contributed by atoms with Crippen LogP contribution in [0.4, 0.5) is 0 Å². The van der Waals surface area contributed by atoms with Crippen molar-refractivity contribution in [2.75, 3.05) is 46.2 Å². The van der Waals surface area contributed by atoms with Crippen LogP contribution in [0, 0.1) is 0 Å². The molecule has 0 N–H and O–H groups in total. The predicted molar refractivity (Wildman–Crippen MR) is 152 cm³/mol.